The van der Waals surface area contributed by atoms with Crippen molar-refractivity contribution in [2.75, 3.05) is 0 Å². The van der Waals surface area contributed by atoms with Crippen molar-refractivity contribution in [3.05, 3.63) is 11.7 Å². The van der Waals surface area contributed by atoms with E-state index in [2.05, 4.69) is 10.1 Å². The third-order valence-corrected chi connectivity index (χ3v) is 1.00. The minimum Gasteiger partial charge on any atom is -0.338 e. The first kappa shape index (κ1) is 6.22. The first-order valence-electron chi connectivity index (χ1n) is 2.88. The third-order valence-electron chi connectivity index (χ3n) is 1.00. The fraction of sp³-hybridized carbons (Fsp3) is 0.600. The molecule has 0 aliphatic carbocycles. The second-order valence-electron chi connectivity index (χ2n) is 1.66. The average Bonchev–Trinajstić information content (AvgIpc) is 2.34. The molecule has 2 N–H and O–H groups in total. The Morgan fingerprint density at radius 2 is 2.44 bits per heavy atom. The van der Waals surface area contributed by atoms with Gasteiger partial charge in [0.1, 0.15) is 0 Å². The minimum absolute atomic E-state index is 0.326. The molecule has 1 aromatic heterocycles. The van der Waals surface area contributed by atoms with Gasteiger partial charge in [-0.15, -0.1) is 0 Å². The molecule has 0 amide bonds. The van der Waals surface area contributed by atoms with Crippen molar-refractivity contribution in [1.29, 1.82) is 0 Å². The van der Waals surface area contributed by atoms with Crippen molar-refractivity contribution < 1.29 is 4.52 Å². The minimum atomic E-state index is 0.326. The summed E-state index contributed by atoms with van der Waals surface area (Å²) in [4.78, 5) is 3.94. The number of nitrogens with two attached hydrogens (primary N) is 1. The molecule has 0 aromatic carbocycles. The van der Waals surface area contributed by atoms with E-state index in [0.29, 0.717) is 12.4 Å². The molecule has 0 aliphatic rings. The van der Waals surface area contributed by atoms with E-state index in [-0.39, 0.29) is 0 Å². The van der Waals surface area contributed by atoms with Gasteiger partial charge in [-0.2, -0.15) is 4.98 Å². The van der Waals surface area contributed by atoms with Crippen LogP contribution in [0.3, 0.4) is 0 Å². The molecule has 0 bridgehead atoms. The Hall–Kier alpha value is -0.900. The second-order valence-corrected chi connectivity index (χ2v) is 1.66. The van der Waals surface area contributed by atoms with Crippen LogP contribution in [0.25, 0.3) is 0 Å². The predicted molar refractivity (Wildman–Crippen MR) is 31.6 cm³/mol. The molecule has 0 saturated carbocycles. The van der Waals surface area contributed by atoms with Gasteiger partial charge in [0.25, 0.3) is 0 Å². The van der Waals surface area contributed by atoms with E-state index in [1.54, 1.807) is 0 Å². The molecule has 0 unspecified atom stereocenters. The maximum atomic E-state index is 5.22. The lowest BCUT2D eigenvalue weighted by atomic mass is 10.5. The number of aryl methyl sites for hydroxylation is 1. The first-order valence-corrected chi connectivity index (χ1v) is 2.88. The molecule has 1 heterocycles. The van der Waals surface area contributed by atoms with Gasteiger partial charge in [-0.25, -0.2) is 0 Å². The smallest absolute Gasteiger partial charge is 0.240 e. The third kappa shape index (κ3) is 1.26. The molecule has 0 atom stereocenters. The Morgan fingerprint density at radius 1 is 1.67 bits per heavy atom. The lowest BCUT2D eigenvalue weighted by Crippen LogP contribution is -1.95. The number of nitrogens with zero attached hydrogens (tertiary/aromatic N) is 2. The van der Waals surface area contributed by atoms with Gasteiger partial charge in [-0.05, 0) is 0 Å². The molecule has 0 saturated heterocycles. The van der Waals surface area contributed by atoms with Crippen molar-refractivity contribution in [3.63, 3.8) is 0 Å². The highest BCUT2D eigenvalue weighted by atomic mass is 16.5. The van der Waals surface area contributed by atoms with E-state index in [1.165, 1.54) is 0 Å². The summed E-state index contributed by atoms with van der Waals surface area (Å²) in [5.74, 6) is 1.22. The first-order chi connectivity index (χ1) is 4.36. The van der Waals surface area contributed by atoms with Crippen LogP contribution in [-0.4, -0.2) is 10.1 Å². The van der Waals surface area contributed by atoms with Crippen molar-refractivity contribution in [1.82, 2.24) is 10.1 Å². The van der Waals surface area contributed by atoms with Gasteiger partial charge in [0.2, 0.25) is 5.89 Å². The molecule has 4 heteroatoms. The van der Waals surface area contributed by atoms with E-state index in [0.717, 1.165) is 12.2 Å². The number of aromatic nitrogens is 2. The van der Waals surface area contributed by atoms with E-state index in [1.807, 2.05) is 6.92 Å². The standard InChI is InChI=1S/C5H9N3O/c1-2-4-7-5(3-6)9-8-4/h2-3,6H2,1H3. The van der Waals surface area contributed by atoms with Crippen molar-refractivity contribution in [2.45, 2.75) is 19.9 Å². The fourth-order valence-corrected chi connectivity index (χ4v) is 0.517. The molecule has 9 heavy (non-hydrogen) atoms. The molecule has 0 spiro atoms. The molecular weight excluding hydrogens is 118 g/mol. The lowest BCUT2D eigenvalue weighted by Gasteiger charge is -1.77. The molecule has 4 nitrogen and oxygen atoms in total. The summed E-state index contributed by atoms with van der Waals surface area (Å²) in [5, 5.41) is 3.64. The summed E-state index contributed by atoms with van der Waals surface area (Å²) in [6, 6.07) is 0. The fourth-order valence-electron chi connectivity index (χ4n) is 0.517. The van der Waals surface area contributed by atoms with Crippen molar-refractivity contribution in [2.24, 2.45) is 5.73 Å². The van der Waals surface area contributed by atoms with Crippen LogP contribution in [0.15, 0.2) is 4.52 Å². The van der Waals surface area contributed by atoms with Crippen LogP contribution in [0, 0.1) is 0 Å². The van der Waals surface area contributed by atoms with Crippen LogP contribution in [0.4, 0.5) is 0 Å². The average molecular weight is 127 g/mol. The van der Waals surface area contributed by atoms with Crippen molar-refractivity contribution in [3.8, 4) is 0 Å². The van der Waals surface area contributed by atoms with Crippen LogP contribution < -0.4 is 5.73 Å². The summed E-state index contributed by atoms with van der Waals surface area (Å²) in [5.41, 5.74) is 5.22. The Labute approximate surface area is 53.1 Å². The molecule has 0 radical (unpaired) electrons. The van der Waals surface area contributed by atoms with Gasteiger partial charge >= 0.3 is 0 Å². The van der Waals surface area contributed by atoms with E-state index >= 15 is 0 Å². The van der Waals surface area contributed by atoms with Gasteiger partial charge in [0.05, 0.1) is 6.54 Å². The summed E-state index contributed by atoms with van der Waals surface area (Å²) in [6.07, 6.45) is 0.795. The highest BCUT2D eigenvalue weighted by Gasteiger charge is 1.99. The second kappa shape index (κ2) is 2.59. The number of hydrogen-bond acceptors (Lipinski definition) is 4. The topological polar surface area (TPSA) is 64.9 Å². The summed E-state index contributed by atoms with van der Waals surface area (Å²) >= 11 is 0. The number of hydrogen-bond donors (Lipinski definition) is 1. The predicted octanol–water partition coefficient (Wildman–Crippen LogP) is 0.0907. The zero-order chi connectivity index (χ0) is 6.69. The monoisotopic (exact) mass is 127 g/mol. The maximum absolute atomic E-state index is 5.22. The lowest BCUT2D eigenvalue weighted by molar-refractivity contribution is 0.375. The Bertz CT molecular complexity index is 166. The zero-order valence-electron chi connectivity index (χ0n) is 5.29. The number of rotatable bonds is 2. The van der Waals surface area contributed by atoms with Crippen LogP contribution in [-0.2, 0) is 13.0 Å². The highest BCUT2D eigenvalue weighted by molar-refractivity contribution is 4.83. The van der Waals surface area contributed by atoms with E-state index in [4.69, 9.17) is 10.3 Å². The van der Waals surface area contributed by atoms with Gasteiger partial charge in [0.15, 0.2) is 5.82 Å². The van der Waals surface area contributed by atoms with Crippen LogP contribution in [0.2, 0.25) is 0 Å². The molecule has 0 fully saturated rings. The van der Waals surface area contributed by atoms with E-state index in [9.17, 15) is 0 Å². The quantitative estimate of drug-likeness (QED) is 0.611. The zero-order valence-corrected chi connectivity index (χ0v) is 5.29. The van der Waals surface area contributed by atoms with Crippen LogP contribution in [0.1, 0.15) is 18.6 Å². The molecule has 1 rings (SSSR count). The van der Waals surface area contributed by atoms with E-state index < -0.39 is 0 Å². The summed E-state index contributed by atoms with van der Waals surface area (Å²) in [7, 11) is 0. The van der Waals surface area contributed by atoms with Gasteiger partial charge in [0, 0.05) is 6.42 Å². The van der Waals surface area contributed by atoms with Gasteiger partial charge < -0.3 is 10.3 Å². The Kier molecular flexibility index (Phi) is 1.79. The molecular formula is C5H9N3O. The maximum Gasteiger partial charge on any atom is 0.240 e. The highest BCUT2D eigenvalue weighted by Crippen LogP contribution is 1.94. The SMILES string of the molecule is CCc1noc(CN)n1. The summed E-state index contributed by atoms with van der Waals surface area (Å²) in [6.45, 7) is 2.29. The normalized spacial score (nSPS) is 10.0. The molecule has 50 valence electrons. The summed E-state index contributed by atoms with van der Waals surface area (Å²) < 4.78 is 4.72. The Morgan fingerprint density at radius 3 is 2.78 bits per heavy atom. The van der Waals surface area contributed by atoms with Gasteiger partial charge in [-0.3, -0.25) is 0 Å². The molecule has 0 aliphatic heterocycles. The molecule has 1 aromatic rings. The largest absolute Gasteiger partial charge is 0.338 e. The van der Waals surface area contributed by atoms with Crippen molar-refractivity contribution >= 4 is 0 Å². The Balaban J connectivity index is 2.74. The van der Waals surface area contributed by atoms with Crippen LogP contribution in [0.5, 0.6) is 0 Å². The van der Waals surface area contributed by atoms with Gasteiger partial charge in [-0.1, -0.05) is 12.1 Å². The van der Waals surface area contributed by atoms with Crippen LogP contribution >= 0.6 is 0 Å².